The number of rotatable bonds is 4. The molecule has 2 heterocycles. The zero-order valence-electron chi connectivity index (χ0n) is 16.3. The van der Waals surface area contributed by atoms with Crippen LogP contribution < -0.4 is 9.47 Å². The van der Waals surface area contributed by atoms with Crippen LogP contribution in [-0.4, -0.2) is 78.8 Å². The molecule has 0 bridgehead atoms. The molecular formula is C21H20O11. The summed E-state index contributed by atoms with van der Waals surface area (Å²) in [5.74, 6) is -2.17. The van der Waals surface area contributed by atoms with Crippen LogP contribution in [0.15, 0.2) is 36.1 Å². The van der Waals surface area contributed by atoms with Crippen LogP contribution in [0.3, 0.4) is 0 Å². The summed E-state index contributed by atoms with van der Waals surface area (Å²) in [5.41, 5.74) is 0.242. The number of aromatic hydroxyl groups is 3. The van der Waals surface area contributed by atoms with E-state index in [0.717, 1.165) is 6.07 Å². The van der Waals surface area contributed by atoms with Gasteiger partial charge < -0.3 is 50.0 Å². The zero-order valence-corrected chi connectivity index (χ0v) is 16.3. The summed E-state index contributed by atoms with van der Waals surface area (Å²) in [6.07, 6.45) is -6.51. The van der Waals surface area contributed by atoms with Crippen molar-refractivity contribution in [1.29, 1.82) is 0 Å². The third-order valence-electron chi connectivity index (χ3n) is 5.11. The lowest BCUT2D eigenvalue weighted by Crippen LogP contribution is -2.60. The number of phenolic OH excluding ortho intramolecular Hbond substituents is 3. The van der Waals surface area contributed by atoms with E-state index >= 15 is 0 Å². The second kappa shape index (κ2) is 8.30. The maximum atomic E-state index is 12.9. The molecule has 5 atom stereocenters. The number of carbonyl (C=O) groups is 1. The van der Waals surface area contributed by atoms with E-state index < -0.39 is 48.8 Å². The number of benzene rings is 2. The number of allylic oxidation sites excluding steroid dienone is 1. The minimum Gasteiger partial charge on any atom is -0.508 e. The molecule has 0 aliphatic carbocycles. The van der Waals surface area contributed by atoms with Crippen molar-refractivity contribution in [2.24, 2.45) is 0 Å². The maximum Gasteiger partial charge on any atom is 0.235 e. The molecular weight excluding hydrogens is 428 g/mol. The Balaban J connectivity index is 1.65. The standard InChI is InChI=1S/C21H20O11/c22-7-15-18(27)19(28)20(29)21(32-15)31-13-6-9(23)5-12-16(13)17(26)14(30-12)4-8-1-2-10(24)11(25)3-8/h1-6,15,18-25,27-29H,7H2/t15-,18-,19+,20-,21-/m0/s1. The summed E-state index contributed by atoms with van der Waals surface area (Å²) in [6, 6.07) is 6.13. The van der Waals surface area contributed by atoms with Gasteiger partial charge in [-0.1, -0.05) is 6.07 Å². The van der Waals surface area contributed by atoms with Gasteiger partial charge in [0, 0.05) is 12.1 Å². The summed E-state index contributed by atoms with van der Waals surface area (Å²) >= 11 is 0. The normalized spacial score (nSPS) is 28.4. The van der Waals surface area contributed by atoms with Crippen LogP contribution in [0.25, 0.3) is 6.08 Å². The Morgan fingerprint density at radius 2 is 1.72 bits per heavy atom. The molecule has 0 saturated carbocycles. The van der Waals surface area contributed by atoms with Crippen LogP contribution in [-0.2, 0) is 4.74 Å². The SMILES string of the molecule is O=C1C(=Cc2ccc(O)c(O)c2)Oc2cc(O)cc(O[C@H]3O[C@@H](CO)[C@H](O)[C@@H](O)[C@@H]3O)c21. The molecule has 0 aromatic heterocycles. The summed E-state index contributed by atoms with van der Waals surface area (Å²) in [7, 11) is 0. The van der Waals surface area contributed by atoms with Crippen molar-refractivity contribution in [3.63, 3.8) is 0 Å². The van der Waals surface area contributed by atoms with Gasteiger partial charge in [0.2, 0.25) is 12.1 Å². The lowest BCUT2D eigenvalue weighted by molar-refractivity contribution is -0.277. The van der Waals surface area contributed by atoms with Crippen LogP contribution in [0.2, 0.25) is 0 Å². The number of aliphatic hydroxyl groups excluding tert-OH is 4. The predicted molar refractivity (Wildman–Crippen MR) is 105 cm³/mol. The highest BCUT2D eigenvalue weighted by atomic mass is 16.7. The highest BCUT2D eigenvalue weighted by Crippen LogP contribution is 2.42. The Morgan fingerprint density at radius 3 is 2.41 bits per heavy atom. The number of hydrogen-bond donors (Lipinski definition) is 7. The molecule has 0 amide bonds. The van der Waals surface area contributed by atoms with Gasteiger partial charge in [0.15, 0.2) is 17.3 Å². The molecule has 2 aliphatic heterocycles. The number of fused-ring (bicyclic) bond motifs is 1. The van der Waals surface area contributed by atoms with Crippen molar-refractivity contribution in [3.8, 4) is 28.7 Å². The van der Waals surface area contributed by atoms with Gasteiger partial charge in [-0.15, -0.1) is 0 Å². The fraction of sp³-hybridized carbons (Fsp3) is 0.286. The van der Waals surface area contributed by atoms with Gasteiger partial charge >= 0.3 is 0 Å². The van der Waals surface area contributed by atoms with Gasteiger partial charge in [-0.3, -0.25) is 4.79 Å². The van der Waals surface area contributed by atoms with Crippen molar-refractivity contribution >= 4 is 11.9 Å². The average molecular weight is 448 g/mol. The fourth-order valence-electron chi connectivity index (χ4n) is 3.43. The molecule has 0 radical (unpaired) electrons. The van der Waals surface area contributed by atoms with E-state index in [0.29, 0.717) is 5.56 Å². The molecule has 170 valence electrons. The van der Waals surface area contributed by atoms with Crippen molar-refractivity contribution in [1.82, 2.24) is 0 Å². The Kier molecular flexibility index (Phi) is 5.67. The minimum absolute atomic E-state index is 0.0520. The van der Waals surface area contributed by atoms with E-state index in [1.54, 1.807) is 0 Å². The lowest BCUT2D eigenvalue weighted by Gasteiger charge is -2.39. The van der Waals surface area contributed by atoms with Gasteiger partial charge in [0.1, 0.15) is 47.2 Å². The zero-order chi connectivity index (χ0) is 23.2. The summed E-state index contributed by atoms with van der Waals surface area (Å²) < 4.78 is 16.3. The number of ketones is 1. The third kappa shape index (κ3) is 3.83. The number of ether oxygens (including phenoxy) is 3. The minimum atomic E-state index is -1.72. The molecule has 7 N–H and O–H groups in total. The average Bonchev–Trinajstić information content (AvgIpc) is 3.06. The number of hydrogen-bond acceptors (Lipinski definition) is 11. The van der Waals surface area contributed by atoms with Crippen LogP contribution in [0, 0.1) is 0 Å². The van der Waals surface area contributed by atoms with Gasteiger partial charge in [0.25, 0.3) is 0 Å². The topological polar surface area (TPSA) is 186 Å². The molecule has 1 saturated heterocycles. The monoisotopic (exact) mass is 448 g/mol. The molecule has 0 spiro atoms. The highest BCUT2D eigenvalue weighted by Gasteiger charge is 2.45. The predicted octanol–water partition coefficient (Wildman–Crippen LogP) is -0.402. The first-order valence-corrected chi connectivity index (χ1v) is 9.50. The first-order chi connectivity index (χ1) is 15.2. The first-order valence-electron chi connectivity index (χ1n) is 9.50. The van der Waals surface area contributed by atoms with E-state index in [-0.39, 0.29) is 34.3 Å². The Bertz CT molecular complexity index is 1080. The molecule has 11 heteroatoms. The van der Waals surface area contributed by atoms with Crippen LogP contribution in [0.4, 0.5) is 0 Å². The maximum absolute atomic E-state index is 12.9. The number of Topliss-reactive ketones (excluding diaryl/α,β-unsaturated/α-hetero) is 1. The van der Waals surface area contributed by atoms with Crippen LogP contribution in [0.5, 0.6) is 28.7 Å². The van der Waals surface area contributed by atoms with E-state index in [2.05, 4.69) is 0 Å². The lowest BCUT2D eigenvalue weighted by atomic mass is 9.99. The second-order valence-electron chi connectivity index (χ2n) is 7.32. The van der Waals surface area contributed by atoms with E-state index in [1.165, 1.54) is 30.3 Å². The molecule has 32 heavy (non-hydrogen) atoms. The van der Waals surface area contributed by atoms with Crippen molar-refractivity contribution < 1.29 is 54.8 Å². The summed E-state index contributed by atoms with van der Waals surface area (Å²) in [6.45, 7) is -0.669. The van der Waals surface area contributed by atoms with E-state index in [9.17, 15) is 40.5 Å². The van der Waals surface area contributed by atoms with Crippen molar-refractivity contribution in [3.05, 3.63) is 47.2 Å². The fourth-order valence-corrected chi connectivity index (χ4v) is 3.43. The van der Waals surface area contributed by atoms with Gasteiger partial charge in [-0.25, -0.2) is 0 Å². The van der Waals surface area contributed by atoms with Crippen LogP contribution >= 0.6 is 0 Å². The van der Waals surface area contributed by atoms with Gasteiger partial charge in [-0.2, -0.15) is 0 Å². The molecule has 1 fully saturated rings. The quantitative estimate of drug-likeness (QED) is 0.238. The van der Waals surface area contributed by atoms with Gasteiger partial charge in [0.05, 0.1) is 6.61 Å². The molecule has 2 aromatic rings. The van der Waals surface area contributed by atoms with Gasteiger partial charge in [-0.05, 0) is 23.8 Å². The van der Waals surface area contributed by atoms with Crippen molar-refractivity contribution in [2.75, 3.05) is 6.61 Å². The Morgan fingerprint density at radius 1 is 0.969 bits per heavy atom. The first kappa shape index (κ1) is 21.9. The number of carbonyl (C=O) groups excluding carboxylic acids is 1. The van der Waals surface area contributed by atoms with Crippen molar-refractivity contribution in [2.45, 2.75) is 30.7 Å². The summed E-state index contributed by atoms with van der Waals surface area (Å²) in [5, 5.41) is 68.4. The molecule has 2 aliphatic rings. The smallest absolute Gasteiger partial charge is 0.235 e. The molecule has 4 rings (SSSR count). The molecule has 0 unspecified atom stereocenters. The Hall–Kier alpha value is -3.35. The van der Waals surface area contributed by atoms with E-state index in [4.69, 9.17) is 14.2 Å². The van der Waals surface area contributed by atoms with Crippen LogP contribution in [0.1, 0.15) is 15.9 Å². The summed E-state index contributed by atoms with van der Waals surface area (Å²) in [4.78, 5) is 12.9. The second-order valence-corrected chi connectivity index (χ2v) is 7.32. The highest BCUT2D eigenvalue weighted by molar-refractivity contribution is 6.16. The largest absolute Gasteiger partial charge is 0.508 e. The third-order valence-corrected chi connectivity index (χ3v) is 5.11. The number of phenols is 3. The molecule has 2 aromatic carbocycles. The molecule has 11 nitrogen and oxygen atoms in total. The Labute approximate surface area is 180 Å². The number of aliphatic hydroxyl groups is 4. The van der Waals surface area contributed by atoms with E-state index in [1.807, 2.05) is 0 Å².